The summed E-state index contributed by atoms with van der Waals surface area (Å²) >= 11 is 0. The molecule has 1 unspecified atom stereocenters. The Labute approximate surface area is 126 Å². The summed E-state index contributed by atoms with van der Waals surface area (Å²) in [6.45, 7) is 4.90. The normalized spacial score (nSPS) is 44.4. The Hall–Kier alpha value is -1.44. The second kappa shape index (κ2) is 3.48. The Kier molecular flexibility index (Phi) is 2.01. The van der Waals surface area contributed by atoms with Gasteiger partial charge in [-0.3, -0.25) is 0 Å². The summed E-state index contributed by atoms with van der Waals surface area (Å²) in [5, 5.41) is 0. The van der Waals surface area contributed by atoms with Crippen LogP contribution in [0.4, 0.5) is 0 Å². The lowest BCUT2D eigenvalue weighted by atomic mass is 9.42. The number of hydrogen-bond donors (Lipinski definition) is 0. The molecule has 1 aromatic rings. The molecule has 0 aromatic heterocycles. The summed E-state index contributed by atoms with van der Waals surface area (Å²) in [6.07, 6.45) is 8.73. The van der Waals surface area contributed by atoms with Crippen LogP contribution >= 0.6 is 0 Å². The van der Waals surface area contributed by atoms with E-state index in [1.807, 2.05) is 0 Å². The third-order valence-electron chi connectivity index (χ3n) is 7.15. The maximum Gasteiger partial charge on any atom is 0.165 e. The highest BCUT2D eigenvalue weighted by Gasteiger charge is 2.66. The smallest absolute Gasteiger partial charge is 0.165 e. The quantitative estimate of drug-likeness (QED) is 0.726. The van der Waals surface area contributed by atoms with E-state index in [4.69, 9.17) is 9.47 Å². The van der Waals surface area contributed by atoms with Crippen LogP contribution < -0.4 is 9.47 Å². The molecule has 1 aliphatic heterocycles. The van der Waals surface area contributed by atoms with Gasteiger partial charge in [0.15, 0.2) is 11.5 Å². The first-order valence-corrected chi connectivity index (χ1v) is 8.18. The van der Waals surface area contributed by atoms with Crippen molar-refractivity contribution in [3.05, 3.63) is 35.4 Å². The minimum Gasteiger partial charge on any atom is -0.493 e. The van der Waals surface area contributed by atoms with Crippen LogP contribution in [-0.2, 0) is 10.8 Å². The minimum atomic E-state index is 0.213. The van der Waals surface area contributed by atoms with Gasteiger partial charge in [-0.15, -0.1) is 0 Å². The molecule has 2 heteroatoms. The Morgan fingerprint density at radius 2 is 2.14 bits per heavy atom. The first-order chi connectivity index (χ1) is 10.1. The first kappa shape index (κ1) is 12.1. The van der Waals surface area contributed by atoms with Crippen molar-refractivity contribution >= 4 is 0 Å². The number of ether oxygens (including phenoxy) is 2. The van der Waals surface area contributed by atoms with E-state index in [1.165, 1.54) is 24.0 Å². The fourth-order valence-corrected chi connectivity index (χ4v) is 5.88. The molecule has 0 radical (unpaired) electrons. The summed E-state index contributed by atoms with van der Waals surface area (Å²) in [6, 6.07) is 4.43. The van der Waals surface area contributed by atoms with E-state index in [-0.39, 0.29) is 10.8 Å². The third kappa shape index (κ3) is 1.08. The lowest BCUT2D eigenvalue weighted by Gasteiger charge is -2.61. The van der Waals surface area contributed by atoms with Gasteiger partial charge in [0.25, 0.3) is 0 Å². The standard InChI is InChI=1S/C19H22O2/c1-11-12-5-4-6-15-19(12)10-9-18(11,2)13-7-8-14(20-3)17(21-15)16(13)19/h4-5,7-8,11-12,15H,6,9-10H2,1-3H3/t11-,12-,15-,18?,19+/m0/s1. The van der Waals surface area contributed by atoms with Gasteiger partial charge in [0, 0.05) is 17.4 Å². The molecule has 4 aliphatic carbocycles. The van der Waals surface area contributed by atoms with E-state index in [0.29, 0.717) is 17.9 Å². The van der Waals surface area contributed by atoms with E-state index >= 15 is 0 Å². The average molecular weight is 282 g/mol. The summed E-state index contributed by atoms with van der Waals surface area (Å²) in [5.74, 6) is 3.27. The minimum absolute atomic E-state index is 0.213. The Morgan fingerprint density at radius 3 is 2.95 bits per heavy atom. The summed E-state index contributed by atoms with van der Waals surface area (Å²) in [5.41, 5.74) is 3.52. The highest BCUT2D eigenvalue weighted by atomic mass is 16.5. The van der Waals surface area contributed by atoms with Crippen molar-refractivity contribution in [2.24, 2.45) is 11.8 Å². The van der Waals surface area contributed by atoms with Crippen LogP contribution in [0.15, 0.2) is 24.3 Å². The van der Waals surface area contributed by atoms with Gasteiger partial charge in [-0.1, -0.05) is 32.1 Å². The van der Waals surface area contributed by atoms with Gasteiger partial charge in [0.2, 0.25) is 0 Å². The van der Waals surface area contributed by atoms with Crippen molar-refractivity contribution in [3.8, 4) is 11.5 Å². The molecule has 6 rings (SSSR count). The molecule has 1 aromatic carbocycles. The largest absolute Gasteiger partial charge is 0.493 e. The van der Waals surface area contributed by atoms with Gasteiger partial charge in [-0.2, -0.15) is 0 Å². The summed E-state index contributed by atoms with van der Waals surface area (Å²) < 4.78 is 12.1. The van der Waals surface area contributed by atoms with Crippen LogP contribution in [0.25, 0.3) is 0 Å². The number of hydrogen-bond acceptors (Lipinski definition) is 2. The molecule has 0 amide bonds. The monoisotopic (exact) mass is 282 g/mol. The molecule has 1 saturated carbocycles. The van der Waals surface area contributed by atoms with Crippen LogP contribution in [0.1, 0.15) is 44.2 Å². The van der Waals surface area contributed by atoms with Gasteiger partial charge in [0.05, 0.1) is 7.11 Å². The van der Waals surface area contributed by atoms with Crippen molar-refractivity contribution in [1.82, 2.24) is 0 Å². The zero-order valence-corrected chi connectivity index (χ0v) is 13.0. The maximum atomic E-state index is 6.46. The molecule has 1 fully saturated rings. The van der Waals surface area contributed by atoms with Crippen molar-refractivity contribution in [3.63, 3.8) is 0 Å². The lowest BCUT2D eigenvalue weighted by molar-refractivity contribution is -0.00162. The Balaban J connectivity index is 1.90. The predicted molar refractivity (Wildman–Crippen MR) is 82.1 cm³/mol. The molecular weight excluding hydrogens is 260 g/mol. The second-order valence-electron chi connectivity index (χ2n) is 7.56. The molecule has 5 atom stereocenters. The van der Waals surface area contributed by atoms with Crippen LogP contribution in [-0.4, -0.2) is 13.2 Å². The molecule has 1 spiro atoms. The molecule has 1 heterocycles. The van der Waals surface area contributed by atoms with Crippen LogP contribution in [0, 0.1) is 11.8 Å². The lowest BCUT2D eigenvalue weighted by Crippen LogP contribution is -2.60. The Morgan fingerprint density at radius 1 is 1.29 bits per heavy atom. The maximum absolute atomic E-state index is 6.46. The molecule has 0 saturated heterocycles. The van der Waals surface area contributed by atoms with Crippen molar-refractivity contribution < 1.29 is 9.47 Å². The average Bonchev–Trinajstić information content (AvgIpc) is 2.85. The SMILES string of the molecule is COc1ccc2c3c1O[C@H]1CC=C[C@H]4[C@H](C)C2(C)CC[C@]314. The number of fused-ring (bicyclic) bond motifs is 1. The number of benzene rings is 1. The van der Waals surface area contributed by atoms with Gasteiger partial charge in [0.1, 0.15) is 6.10 Å². The van der Waals surface area contributed by atoms with Gasteiger partial charge >= 0.3 is 0 Å². The zero-order chi connectivity index (χ0) is 14.4. The topological polar surface area (TPSA) is 18.5 Å². The zero-order valence-electron chi connectivity index (χ0n) is 13.0. The fraction of sp³-hybridized carbons (Fsp3) is 0.579. The molecular formula is C19H22O2. The molecule has 2 nitrogen and oxygen atoms in total. The molecule has 2 bridgehead atoms. The van der Waals surface area contributed by atoms with E-state index in [2.05, 4.69) is 38.1 Å². The van der Waals surface area contributed by atoms with Gasteiger partial charge in [-0.05, 0) is 41.7 Å². The van der Waals surface area contributed by atoms with E-state index < -0.39 is 0 Å². The fourth-order valence-electron chi connectivity index (χ4n) is 5.88. The number of allylic oxidation sites excluding steroid dienone is 1. The summed E-state index contributed by atoms with van der Waals surface area (Å²) in [7, 11) is 1.75. The third-order valence-corrected chi connectivity index (χ3v) is 7.15. The van der Waals surface area contributed by atoms with Crippen LogP contribution in [0.2, 0.25) is 0 Å². The van der Waals surface area contributed by atoms with E-state index in [0.717, 1.165) is 17.9 Å². The highest BCUT2D eigenvalue weighted by Crippen LogP contribution is 2.70. The van der Waals surface area contributed by atoms with Crippen LogP contribution in [0.3, 0.4) is 0 Å². The molecule has 21 heavy (non-hydrogen) atoms. The molecule has 110 valence electrons. The van der Waals surface area contributed by atoms with E-state index in [1.54, 1.807) is 7.11 Å². The van der Waals surface area contributed by atoms with Crippen molar-refractivity contribution in [1.29, 1.82) is 0 Å². The van der Waals surface area contributed by atoms with Gasteiger partial charge < -0.3 is 9.47 Å². The number of rotatable bonds is 1. The molecule has 5 aliphatic rings. The van der Waals surface area contributed by atoms with Crippen LogP contribution in [0.5, 0.6) is 11.5 Å². The van der Waals surface area contributed by atoms with Crippen molar-refractivity contribution in [2.45, 2.75) is 50.0 Å². The predicted octanol–water partition coefficient (Wildman–Crippen LogP) is 3.97. The van der Waals surface area contributed by atoms with Gasteiger partial charge in [-0.25, -0.2) is 0 Å². The molecule has 0 N–H and O–H groups in total. The highest BCUT2D eigenvalue weighted by molar-refractivity contribution is 5.64. The number of methoxy groups -OCH3 is 1. The Bertz CT molecular complexity index is 676. The summed E-state index contributed by atoms with van der Waals surface area (Å²) in [4.78, 5) is 0. The van der Waals surface area contributed by atoms with Crippen molar-refractivity contribution in [2.75, 3.05) is 7.11 Å². The first-order valence-electron chi connectivity index (χ1n) is 8.18. The van der Waals surface area contributed by atoms with E-state index in [9.17, 15) is 0 Å². The second-order valence-corrected chi connectivity index (χ2v) is 7.56.